The molecule has 0 amide bonds. The monoisotopic (exact) mass is 189 g/mol. The lowest BCUT2D eigenvalue weighted by molar-refractivity contribution is 0.216. The first kappa shape index (κ1) is 9.21. The smallest absolute Gasteiger partial charge is 0.123 e. The molecule has 1 aliphatic rings. The van der Waals surface area contributed by atoms with Gasteiger partial charge in [0.15, 0.2) is 0 Å². The number of halogens is 1. The molecule has 1 aromatic rings. The fraction of sp³-hybridized carbons (Fsp3) is 0.417. The molecule has 14 heavy (non-hydrogen) atoms. The molecule has 0 heterocycles. The molecule has 0 N–H and O–H groups in total. The van der Waals surface area contributed by atoms with E-state index in [0.29, 0.717) is 5.92 Å². The van der Waals surface area contributed by atoms with Crippen molar-refractivity contribution in [3.8, 4) is 6.07 Å². The number of hydrogen-bond donors (Lipinski definition) is 0. The lowest BCUT2D eigenvalue weighted by Crippen LogP contribution is -2.38. The van der Waals surface area contributed by atoms with Gasteiger partial charge in [0.05, 0.1) is 11.5 Å². The van der Waals surface area contributed by atoms with Crippen molar-refractivity contribution in [1.29, 1.82) is 5.26 Å². The molecular weight excluding hydrogens is 177 g/mol. The number of hydrogen-bond acceptors (Lipinski definition) is 1. The Morgan fingerprint density at radius 1 is 1.50 bits per heavy atom. The molecule has 0 saturated heterocycles. The summed E-state index contributed by atoms with van der Waals surface area (Å²) < 4.78 is 13.0. The highest BCUT2D eigenvalue weighted by atomic mass is 19.1. The minimum Gasteiger partial charge on any atom is -0.207 e. The SMILES string of the molecule is CC1CC(C#N)(c2cccc(F)c2)C1. The van der Waals surface area contributed by atoms with Crippen LogP contribution in [0.2, 0.25) is 0 Å². The summed E-state index contributed by atoms with van der Waals surface area (Å²) in [4.78, 5) is 0. The summed E-state index contributed by atoms with van der Waals surface area (Å²) in [5.41, 5.74) is 0.416. The number of nitrogens with zero attached hydrogens (tertiary/aromatic N) is 1. The van der Waals surface area contributed by atoms with Crippen LogP contribution in [0.3, 0.4) is 0 Å². The van der Waals surface area contributed by atoms with Crippen LogP contribution in [-0.4, -0.2) is 0 Å². The highest BCUT2D eigenvalue weighted by Gasteiger charge is 2.43. The van der Waals surface area contributed by atoms with E-state index in [1.54, 1.807) is 6.07 Å². The van der Waals surface area contributed by atoms with Crippen molar-refractivity contribution in [1.82, 2.24) is 0 Å². The number of benzene rings is 1. The molecule has 1 nitrogen and oxygen atoms in total. The fourth-order valence-electron chi connectivity index (χ4n) is 2.31. The van der Waals surface area contributed by atoms with Crippen LogP contribution in [-0.2, 0) is 5.41 Å². The molecule has 0 aromatic heterocycles. The Balaban J connectivity index is 2.35. The largest absolute Gasteiger partial charge is 0.207 e. The molecule has 0 spiro atoms. The van der Waals surface area contributed by atoms with Crippen LogP contribution in [0, 0.1) is 23.1 Å². The lowest BCUT2D eigenvalue weighted by atomic mass is 9.60. The van der Waals surface area contributed by atoms with Crippen molar-refractivity contribution in [3.05, 3.63) is 35.6 Å². The van der Waals surface area contributed by atoms with Crippen LogP contribution >= 0.6 is 0 Å². The van der Waals surface area contributed by atoms with E-state index in [9.17, 15) is 4.39 Å². The number of nitriles is 1. The van der Waals surface area contributed by atoms with Crippen LogP contribution in [0.4, 0.5) is 4.39 Å². The van der Waals surface area contributed by atoms with Crippen molar-refractivity contribution >= 4 is 0 Å². The summed E-state index contributed by atoms with van der Waals surface area (Å²) in [7, 11) is 0. The van der Waals surface area contributed by atoms with E-state index in [2.05, 4.69) is 13.0 Å². The quantitative estimate of drug-likeness (QED) is 0.666. The standard InChI is InChI=1S/C12H12FN/c1-9-6-12(7-9,8-14)10-3-2-4-11(13)5-10/h2-5,9H,6-7H2,1H3. The van der Waals surface area contributed by atoms with E-state index in [1.807, 2.05) is 6.07 Å². The molecule has 2 rings (SSSR count). The molecule has 72 valence electrons. The number of rotatable bonds is 1. The molecule has 1 aromatic carbocycles. The maximum absolute atomic E-state index is 13.0. The first-order valence-electron chi connectivity index (χ1n) is 4.83. The summed E-state index contributed by atoms with van der Waals surface area (Å²) in [6, 6.07) is 8.74. The van der Waals surface area contributed by atoms with Gasteiger partial charge in [-0.05, 0) is 36.5 Å². The van der Waals surface area contributed by atoms with Crippen LogP contribution in [0.1, 0.15) is 25.3 Å². The Kier molecular flexibility index (Phi) is 2.03. The fourth-order valence-corrected chi connectivity index (χ4v) is 2.31. The first-order chi connectivity index (χ1) is 6.66. The summed E-state index contributed by atoms with van der Waals surface area (Å²) >= 11 is 0. The second-order valence-electron chi connectivity index (χ2n) is 4.22. The maximum Gasteiger partial charge on any atom is 0.123 e. The topological polar surface area (TPSA) is 23.8 Å². The van der Waals surface area contributed by atoms with Crippen molar-refractivity contribution in [2.24, 2.45) is 5.92 Å². The highest BCUT2D eigenvalue weighted by Crippen LogP contribution is 2.47. The van der Waals surface area contributed by atoms with Gasteiger partial charge < -0.3 is 0 Å². The third-order valence-corrected chi connectivity index (χ3v) is 2.99. The van der Waals surface area contributed by atoms with E-state index in [4.69, 9.17) is 5.26 Å². The molecule has 0 aliphatic heterocycles. The minimum atomic E-state index is -0.415. The van der Waals surface area contributed by atoms with Gasteiger partial charge in [-0.25, -0.2) is 4.39 Å². The van der Waals surface area contributed by atoms with Gasteiger partial charge in [0.1, 0.15) is 5.82 Å². The second kappa shape index (κ2) is 3.09. The predicted molar refractivity (Wildman–Crippen MR) is 52.1 cm³/mol. The molecule has 1 fully saturated rings. The Bertz CT molecular complexity index is 386. The second-order valence-corrected chi connectivity index (χ2v) is 4.22. The highest BCUT2D eigenvalue weighted by molar-refractivity contribution is 5.36. The van der Waals surface area contributed by atoms with Gasteiger partial charge >= 0.3 is 0 Å². The average Bonchev–Trinajstić information content (AvgIpc) is 2.12. The first-order valence-corrected chi connectivity index (χ1v) is 4.83. The summed E-state index contributed by atoms with van der Waals surface area (Å²) in [6.07, 6.45) is 1.71. The third kappa shape index (κ3) is 1.29. The van der Waals surface area contributed by atoms with Crippen LogP contribution < -0.4 is 0 Å². The zero-order chi connectivity index (χ0) is 10.2. The predicted octanol–water partition coefficient (Wildman–Crippen LogP) is 3.02. The molecule has 0 unspecified atom stereocenters. The maximum atomic E-state index is 13.0. The molecule has 0 atom stereocenters. The Morgan fingerprint density at radius 3 is 2.71 bits per heavy atom. The molecule has 1 saturated carbocycles. The van der Waals surface area contributed by atoms with Crippen molar-refractivity contribution in [2.45, 2.75) is 25.2 Å². The van der Waals surface area contributed by atoms with Crippen molar-refractivity contribution < 1.29 is 4.39 Å². The van der Waals surface area contributed by atoms with Gasteiger partial charge in [-0.15, -0.1) is 0 Å². The lowest BCUT2D eigenvalue weighted by Gasteiger charge is -2.41. The normalized spacial score (nSPS) is 30.5. The molecule has 0 bridgehead atoms. The van der Waals surface area contributed by atoms with E-state index in [1.165, 1.54) is 12.1 Å². The van der Waals surface area contributed by atoms with E-state index in [0.717, 1.165) is 18.4 Å². The van der Waals surface area contributed by atoms with Crippen LogP contribution in [0.5, 0.6) is 0 Å². The van der Waals surface area contributed by atoms with Gasteiger partial charge in [0.2, 0.25) is 0 Å². The summed E-state index contributed by atoms with van der Waals surface area (Å²) in [5.74, 6) is 0.328. The van der Waals surface area contributed by atoms with Crippen molar-refractivity contribution in [3.63, 3.8) is 0 Å². The zero-order valence-electron chi connectivity index (χ0n) is 8.13. The van der Waals surface area contributed by atoms with E-state index < -0.39 is 5.41 Å². The Labute approximate surface area is 83.2 Å². The summed E-state index contributed by atoms with van der Waals surface area (Å²) in [6.45, 7) is 2.12. The molecular formula is C12H12FN. The van der Waals surface area contributed by atoms with Crippen LogP contribution in [0.25, 0.3) is 0 Å². The van der Waals surface area contributed by atoms with Gasteiger partial charge in [0.25, 0.3) is 0 Å². The minimum absolute atomic E-state index is 0.253. The molecule has 2 heteroatoms. The van der Waals surface area contributed by atoms with Gasteiger partial charge in [-0.3, -0.25) is 0 Å². The van der Waals surface area contributed by atoms with Crippen LogP contribution in [0.15, 0.2) is 24.3 Å². The molecule has 1 aliphatic carbocycles. The van der Waals surface area contributed by atoms with Gasteiger partial charge in [-0.2, -0.15) is 5.26 Å². The molecule has 0 radical (unpaired) electrons. The van der Waals surface area contributed by atoms with Gasteiger partial charge in [-0.1, -0.05) is 19.1 Å². The van der Waals surface area contributed by atoms with Crippen molar-refractivity contribution in [2.75, 3.05) is 0 Å². The Morgan fingerprint density at radius 2 is 2.21 bits per heavy atom. The van der Waals surface area contributed by atoms with E-state index in [-0.39, 0.29) is 5.82 Å². The Hall–Kier alpha value is -1.36. The zero-order valence-corrected chi connectivity index (χ0v) is 8.13. The third-order valence-electron chi connectivity index (χ3n) is 2.99. The summed E-state index contributed by atoms with van der Waals surface area (Å²) in [5, 5.41) is 9.13. The van der Waals surface area contributed by atoms with E-state index >= 15 is 0 Å². The van der Waals surface area contributed by atoms with Gasteiger partial charge in [0, 0.05) is 0 Å². The average molecular weight is 189 g/mol.